The Bertz CT molecular complexity index is 722. The van der Waals surface area contributed by atoms with Crippen LogP contribution in [0.5, 0.6) is 0 Å². The maximum Gasteiger partial charge on any atom is 0.412 e. The number of amides is 1. The van der Waals surface area contributed by atoms with Crippen LogP contribution in [0.15, 0.2) is 41.8 Å². The molecule has 3 aliphatic heterocycles. The maximum atomic E-state index is 12.5. The maximum absolute atomic E-state index is 12.5. The van der Waals surface area contributed by atoms with E-state index in [-0.39, 0.29) is 35.7 Å². The molecule has 1 aromatic heterocycles. The number of hydrogen-bond donors (Lipinski definition) is 1. The van der Waals surface area contributed by atoms with Crippen molar-refractivity contribution in [3.63, 3.8) is 0 Å². The Morgan fingerprint density at radius 3 is 2.40 bits per heavy atom. The molecule has 3 saturated heterocycles. The minimum atomic E-state index is -0.316. The molecule has 4 heterocycles. The Morgan fingerprint density at radius 2 is 1.76 bits per heavy atom. The van der Waals surface area contributed by atoms with Crippen LogP contribution in [0.4, 0.5) is 10.5 Å². The minimum absolute atomic E-state index is 0. The molecule has 0 radical (unpaired) electrons. The van der Waals surface area contributed by atoms with E-state index in [1.165, 1.54) is 0 Å². The summed E-state index contributed by atoms with van der Waals surface area (Å²) in [7, 11) is 2.31. The van der Waals surface area contributed by atoms with Gasteiger partial charge < -0.3 is 33.2 Å². The van der Waals surface area contributed by atoms with Crippen molar-refractivity contribution in [2.24, 2.45) is 0 Å². The Morgan fingerprint density at radius 1 is 1.12 bits per heavy atom. The molecule has 2 aromatic rings. The summed E-state index contributed by atoms with van der Waals surface area (Å²) in [5, 5.41) is 4.97. The molecule has 0 aliphatic carbocycles. The molecule has 25 heavy (non-hydrogen) atoms. The summed E-state index contributed by atoms with van der Waals surface area (Å²) in [6, 6.07) is 12.1. The molecule has 134 valence electrons. The molecule has 2 bridgehead atoms. The molecule has 0 atom stereocenters. The van der Waals surface area contributed by atoms with Crippen LogP contribution in [0, 0.1) is 0 Å². The summed E-state index contributed by atoms with van der Waals surface area (Å²) in [4.78, 5) is 13.6. The number of benzene rings is 1. The smallest absolute Gasteiger partial charge is 0.412 e. The van der Waals surface area contributed by atoms with Gasteiger partial charge in [0.15, 0.2) is 0 Å². The van der Waals surface area contributed by atoms with E-state index < -0.39 is 0 Å². The molecule has 5 rings (SSSR count). The van der Waals surface area contributed by atoms with E-state index in [9.17, 15) is 4.79 Å². The Kier molecular flexibility index (Phi) is 5.41. The highest BCUT2D eigenvalue weighted by Crippen LogP contribution is 2.39. The molecule has 0 unspecified atom stereocenters. The lowest BCUT2D eigenvalue weighted by molar-refractivity contribution is -0.926. The van der Waals surface area contributed by atoms with Crippen molar-refractivity contribution in [3.8, 4) is 10.4 Å². The van der Waals surface area contributed by atoms with E-state index in [4.69, 9.17) is 4.74 Å². The standard InChI is InChI=1S/C19H22N2O2S.HI/c1-21-11-8-19(9-12-21,10-13-21)23-18(22)20-16-7-14-24-17(16)15-5-3-2-4-6-15;/h2-7,14H,8-13H2,1H3;1H. The molecule has 0 spiro atoms. The number of nitrogens with one attached hydrogen (secondary N) is 1. The number of fused-ring (bicyclic) bond motifs is 3. The van der Waals surface area contributed by atoms with Crippen molar-refractivity contribution in [2.45, 2.75) is 24.9 Å². The molecular weight excluding hydrogens is 447 g/mol. The summed E-state index contributed by atoms with van der Waals surface area (Å²) in [6.07, 6.45) is 2.62. The van der Waals surface area contributed by atoms with Gasteiger partial charge in [-0.1, -0.05) is 30.3 Å². The number of thiophene rings is 1. The number of ether oxygens (including phenoxy) is 1. The second-order valence-electron chi connectivity index (χ2n) is 7.27. The fraction of sp³-hybridized carbons (Fsp3) is 0.421. The topological polar surface area (TPSA) is 38.3 Å². The van der Waals surface area contributed by atoms with Gasteiger partial charge >= 0.3 is 6.09 Å². The molecule has 1 aromatic carbocycles. The molecule has 0 saturated carbocycles. The average molecular weight is 470 g/mol. The summed E-state index contributed by atoms with van der Waals surface area (Å²) in [6.45, 7) is 3.34. The summed E-state index contributed by atoms with van der Waals surface area (Å²) in [5.74, 6) is 0. The van der Waals surface area contributed by atoms with Crippen molar-refractivity contribution in [2.75, 3.05) is 32.0 Å². The van der Waals surface area contributed by atoms with Crippen LogP contribution in [0.2, 0.25) is 0 Å². The number of piperidine rings is 3. The average Bonchev–Trinajstić information content (AvgIpc) is 3.05. The van der Waals surface area contributed by atoms with Gasteiger partial charge in [-0.05, 0) is 17.0 Å². The summed E-state index contributed by atoms with van der Waals surface area (Å²) in [5.41, 5.74) is 1.70. The first-order chi connectivity index (χ1) is 11.6. The normalized spacial score (nSPS) is 27.4. The van der Waals surface area contributed by atoms with Crippen molar-refractivity contribution in [1.29, 1.82) is 0 Å². The zero-order valence-electron chi connectivity index (χ0n) is 14.3. The van der Waals surface area contributed by atoms with Crippen LogP contribution >= 0.6 is 11.3 Å². The predicted octanol–water partition coefficient (Wildman–Crippen LogP) is 1.35. The van der Waals surface area contributed by atoms with Crippen LogP contribution in [0.25, 0.3) is 10.4 Å². The number of carbonyl (C=O) groups is 1. The van der Waals surface area contributed by atoms with Gasteiger partial charge in [0.2, 0.25) is 0 Å². The number of anilines is 1. The van der Waals surface area contributed by atoms with Crippen molar-refractivity contribution < 1.29 is 38.0 Å². The third-order valence-corrected chi connectivity index (χ3v) is 6.53. The lowest BCUT2D eigenvalue weighted by Gasteiger charge is -2.51. The highest BCUT2D eigenvalue weighted by molar-refractivity contribution is 7.14. The highest BCUT2D eigenvalue weighted by atomic mass is 127. The van der Waals surface area contributed by atoms with Gasteiger partial charge in [-0.15, -0.1) is 11.3 Å². The lowest BCUT2D eigenvalue weighted by atomic mass is 9.81. The minimum Gasteiger partial charge on any atom is -1.00 e. The van der Waals surface area contributed by atoms with Crippen LogP contribution in [-0.2, 0) is 4.74 Å². The number of nitrogens with zero attached hydrogens (tertiary/aromatic N) is 1. The van der Waals surface area contributed by atoms with Crippen molar-refractivity contribution in [1.82, 2.24) is 0 Å². The summed E-state index contributed by atoms with van der Waals surface area (Å²) < 4.78 is 7.05. The van der Waals surface area contributed by atoms with E-state index in [1.807, 2.05) is 29.6 Å². The van der Waals surface area contributed by atoms with Gasteiger partial charge in [0.05, 0.1) is 37.2 Å². The van der Waals surface area contributed by atoms with Crippen molar-refractivity contribution >= 4 is 23.1 Å². The number of carbonyl (C=O) groups excluding carboxylic acids is 1. The van der Waals surface area contributed by atoms with Crippen molar-refractivity contribution in [3.05, 3.63) is 41.8 Å². The van der Waals surface area contributed by atoms with Crippen LogP contribution in [0.1, 0.15) is 19.3 Å². The van der Waals surface area contributed by atoms with Crippen LogP contribution in [0.3, 0.4) is 0 Å². The largest absolute Gasteiger partial charge is 1.00 e. The van der Waals surface area contributed by atoms with E-state index >= 15 is 0 Å². The molecule has 3 fully saturated rings. The van der Waals surface area contributed by atoms with E-state index in [0.29, 0.717) is 0 Å². The van der Waals surface area contributed by atoms with Gasteiger partial charge in [0, 0.05) is 19.3 Å². The van der Waals surface area contributed by atoms with Crippen LogP contribution in [-0.4, -0.2) is 42.9 Å². The highest BCUT2D eigenvalue weighted by Gasteiger charge is 2.49. The van der Waals surface area contributed by atoms with Gasteiger partial charge in [-0.2, -0.15) is 0 Å². The van der Waals surface area contributed by atoms with Crippen LogP contribution < -0.4 is 29.3 Å². The van der Waals surface area contributed by atoms with Gasteiger partial charge in [-0.3, -0.25) is 5.32 Å². The number of halogens is 1. The van der Waals surface area contributed by atoms with Gasteiger partial charge in [-0.25, -0.2) is 4.79 Å². The fourth-order valence-electron chi connectivity index (χ4n) is 3.84. The molecule has 4 nitrogen and oxygen atoms in total. The van der Waals surface area contributed by atoms with Gasteiger partial charge in [0.1, 0.15) is 5.60 Å². The molecule has 1 amide bonds. The first-order valence-electron chi connectivity index (χ1n) is 8.54. The molecular formula is C19H23IN2O2S. The third-order valence-electron chi connectivity index (χ3n) is 5.57. The molecule has 6 heteroatoms. The fourth-order valence-corrected chi connectivity index (χ4v) is 4.70. The Balaban J connectivity index is 0.00000182. The lowest BCUT2D eigenvalue weighted by Crippen LogP contribution is -3.00. The second kappa shape index (κ2) is 7.25. The molecule has 1 N–H and O–H groups in total. The first-order valence-corrected chi connectivity index (χ1v) is 9.42. The number of quaternary nitrogens is 1. The quantitative estimate of drug-likeness (QED) is 0.544. The van der Waals surface area contributed by atoms with E-state index in [0.717, 1.165) is 59.5 Å². The zero-order valence-corrected chi connectivity index (χ0v) is 17.3. The van der Waals surface area contributed by atoms with E-state index in [1.54, 1.807) is 11.3 Å². The predicted molar refractivity (Wildman–Crippen MR) is 97.2 cm³/mol. The monoisotopic (exact) mass is 470 g/mol. The number of rotatable bonds is 3. The second-order valence-corrected chi connectivity index (χ2v) is 8.18. The van der Waals surface area contributed by atoms with Gasteiger partial charge in [0.25, 0.3) is 0 Å². The first kappa shape index (κ1) is 18.7. The Hall–Kier alpha value is -1.12. The molecule has 3 aliphatic rings. The Labute approximate surface area is 169 Å². The zero-order chi connectivity index (χ0) is 16.6. The summed E-state index contributed by atoms with van der Waals surface area (Å²) >= 11 is 1.63. The third kappa shape index (κ3) is 3.85. The number of hydrogen-bond acceptors (Lipinski definition) is 3. The SMILES string of the molecule is C[N+]12CCC(OC(=O)Nc3ccsc3-c3ccccc3)(CC1)CC2.[I-]. The van der Waals surface area contributed by atoms with E-state index in [2.05, 4.69) is 24.5 Å².